The van der Waals surface area contributed by atoms with Crippen molar-refractivity contribution in [2.75, 3.05) is 20.7 Å². The maximum Gasteiger partial charge on any atom is 0.303 e. The van der Waals surface area contributed by atoms with Crippen LogP contribution in [-0.2, 0) is 9.53 Å². The molecule has 0 aromatic heterocycles. The number of ether oxygens (including phenoxy) is 1. The van der Waals surface area contributed by atoms with Crippen molar-refractivity contribution in [1.82, 2.24) is 5.32 Å². The van der Waals surface area contributed by atoms with Crippen molar-refractivity contribution in [3.63, 3.8) is 0 Å². The summed E-state index contributed by atoms with van der Waals surface area (Å²) in [5, 5.41) is 10.0. The first-order valence-electron chi connectivity index (χ1n) is 6.12. The molecule has 0 saturated carbocycles. The van der Waals surface area contributed by atoms with Crippen LogP contribution >= 0.6 is 0 Å². The summed E-state index contributed by atoms with van der Waals surface area (Å²) in [6.45, 7) is 14.2. The molecule has 0 amide bonds. The van der Waals surface area contributed by atoms with Crippen molar-refractivity contribution in [2.45, 2.75) is 60.5 Å². The molecular formula is C13H33NO3. The van der Waals surface area contributed by atoms with E-state index in [1.54, 1.807) is 0 Å². The molecule has 0 aliphatic carbocycles. The van der Waals surface area contributed by atoms with Gasteiger partial charge in [0, 0.05) is 14.0 Å². The molecule has 0 aliphatic heterocycles. The van der Waals surface area contributed by atoms with E-state index in [0.29, 0.717) is 0 Å². The lowest BCUT2D eigenvalue weighted by Crippen LogP contribution is -2.21. The highest BCUT2D eigenvalue weighted by Gasteiger charge is 2.11. The quantitative estimate of drug-likeness (QED) is 0.741. The van der Waals surface area contributed by atoms with Gasteiger partial charge in [0.1, 0.15) is 5.60 Å². The van der Waals surface area contributed by atoms with Crippen LogP contribution in [0.15, 0.2) is 0 Å². The van der Waals surface area contributed by atoms with Crippen LogP contribution in [0.1, 0.15) is 54.9 Å². The van der Waals surface area contributed by atoms with Crippen LogP contribution in [0.3, 0.4) is 0 Å². The summed E-state index contributed by atoms with van der Waals surface area (Å²) in [4.78, 5) is 10.2. The molecular weight excluding hydrogens is 218 g/mol. The minimum absolute atomic E-state index is 0.225. The Hall–Kier alpha value is -0.610. The number of aliphatic hydroxyl groups excluding tert-OH is 1. The third-order valence-electron chi connectivity index (χ3n) is 0.950. The molecule has 0 saturated heterocycles. The third kappa shape index (κ3) is 67.6. The topological polar surface area (TPSA) is 58.6 Å². The minimum atomic E-state index is -0.328. The predicted molar refractivity (Wildman–Crippen MR) is 75.2 cm³/mol. The molecule has 0 unspecified atom stereocenters. The maximum absolute atomic E-state index is 10.2. The van der Waals surface area contributed by atoms with Gasteiger partial charge in [-0.25, -0.2) is 0 Å². The van der Waals surface area contributed by atoms with Gasteiger partial charge < -0.3 is 15.2 Å². The van der Waals surface area contributed by atoms with Gasteiger partial charge in [-0.3, -0.25) is 4.79 Å². The van der Waals surface area contributed by atoms with Gasteiger partial charge in [0.2, 0.25) is 0 Å². The fourth-order valence-corrected chi connectivity index (χ4v) is 0.681. The summed E-state index contributed by atoms with van der Waals surface area (Å²) in [6.07, 6.45) is 1.23. The number of rotatable bonds is 2. The average Bonchev–Trinajstić information content (AvgIpc) is 2.22. The first-order chi connectivity index (χ1) is 7.83. The number of esters is 1. The van der Waals surface area contributed by atoms with E-state index in [1.807, 2.05) is 41.7 Å². The predicted octanol–water partition coefficient (Wildman–Crippen LogP) is 2.60. The number of aliphatic hydroxyl groups is 1. The van der Waals surface area contributed by atoms with Gasteiger partial charge in [-0.05, 0) is 40.8 Å². The molecule has 4 nitrogen and oxygen atoms in total. The van der Waals surface area contributed by atoms with Crippen LogP contribution in [-0.4, -0.2) is 37.4 Å². The molecule has 2 N–H and O–H groups in total. The first-order valence-corrected chi connectivity index (χ1v) is 6.12. The molecule has 108 valence electrons. The Morgan fingerprint density at radius 1 is 1.24 bits per heavy atom. The van der Waals surface area contributed by atoms with Crippen LogP contribution in [0.25, 0.3) is 0 Å². The zero-order valence-corrected chi connectivity index (χ0v) is 13.2. The zero-order valence-electron chi connectivity index (χ0n) is 13.2. The summed E-state index contributed by atoms with van der Waals surface area (Å²) >= 11 is 0. The van der Waals surface area contributed by atoms with E-state index in [-0.39, 0.29) is 11.6 Å². The zero-order chi connectivity index (χ0) is 14.9. The second-order valence-electron chi connectivity index (χ2n) is 3.81. The molecule has 0 aromatic carbocycles. The summed E-state index contributed by atoms with van der Waals surface area (Å²) in [5.41, 5.74) is -0.328. The van der Waals surface area contributed by atoms with E-state index in [1.165, 1.54) is 13.3 Å². The largest absolute Gasteiger partial charge is 0.460 e. The Labute approximate surface area is 108 Å². The number of hydrogen-bond acceptors (Lipinski definition) is 4. The Bertz CT molecular complexity index is 129. The van der Waals surface area contributed by atoms with Crippen LogP contribution < -0.4 is 5.32 Å². The van der Waals surface area contributed by atoms with Gasteiger partial charge in [0.15, 0.2) is 0 Å². The van der Waals surface area contributed by atoms with Crippen LogP contribution in [0, 0.1) is 0 Å². The first kappa shape index (κ1) is 25.3. The summed E-state index contributed by atoms with van der Waals surface area (Å²) < 4.78 is 4.80. The third-order valence-corrected chi connectivity index (χ3v) is 0.950. The van der Waals surface area contributed by atoms with E-state index in [4.69, 9.17) is 9.84 Å². The second-order valence-corrected chi connectivity index (χ2v) is 3.81. The van der Waals surface area contributed by atoms with E-state index in [2.05, 4.69) is 12.2 Å². The smallest absolute Gasteiger partial charge is 0.303 e. The monoisotopic (exact) mass is 251 g/mol. The molecule has 0 rings (SSSR count). The van der Waals surface area contributed by atoms with E-state index >= 15 is 0 Å². The summed E-state index contributed by atoms with van der Waals surface area (Å²) in [7, 11) is 2.96. The SMILES string of the molecule is CC.CC(=O)OC(C)(C)C.CCCNC.CO. The standard InChI is InChI=1S/C6H12O2.C4H11N.C2H6.CH4O/c1-5(7)8-6(2,3)4;1-3-4-5-2;2*1-2/h1-4H3;5H,3-4H2,1-2H3;1-2H3;2H,1H3. The minimum Gasteiger partial charge on any atom is -0.460 e. The van der Waals surface area contributed by atoms with Crippen LogP contribution in [0.2, 0.25) is 0 Å². The highest BCUT2D eigenvalue weighted by atomic mass is 16.6. The molecule has 0 aliphatic rings. The van der Waals surface area contributed by atoms with Gasteiger partial charge in [-0.1, -0.05) is 20.8 Å². The molecule has 17 heavy (non-hydrogen) atoms. The second kappa shape index (κ2) is 20.8. The molecule has 0 bridgehead atoms. The van der Waals surface area contributed by atoms with Crippen molar-refractivity contribution in [3.05, 3.63) is 0 Å². The number of carbonyl (C=O) groups excluding carboxylic acids is 1. The Morgan fingerprint density at radius 3 is 1.59 bits per heavy atom. The number of nitrogens with one attached hydrogen (secondary N) is 1. The van der Waals surface area contributed by atoms with Crippen molar-refractivity contribution in [2.24, 2.45) is 0 Å². The normalized spacial score (nSPS) is 8.35. The van der Waals surface area contributed by atoms with Crippen molar-refractivity contribution < 1.29 is 14.6 Å². The number of carbonyl (C=O) groups is 1. The fourth-order valence-electron chi connectivity index (χ4n) is 0.681. The molecule has 0 atom stereocenters. The van der Waals surface area contributed by atoms with Crippen molar-refractivity contribution >= 4 is 5.97 Å². The lowest BCUT2D eigenvalue weighted by molar-refractivity contribution is -0.151. The lowest BCUT2D eigenvalue weighted by Gasteiger charge is -2.17. The van der Waals surface area contributed by atoms with Gasteiger partial charge in [-0.15, -0.1) is 0 Å². The highest BCUT2D eigenvalue weighted by Crippen LogP contribution is 2.05. The average molecular weight is 251 g/mol. The lowest BCUT2D eigenvalue weighted by atomic mass is 10.2. The Kier molecular flexibility index (Phi) is 30.9. The van der Waals surface area contributed by atoms with Crippen molar-refractivity contribution in [3.8, 4) is 0 Å². The summed E-state index contributed by atoms with van der Waals surface area (Å²) in [6, 6.07) is 0. The molecule has 0 aromatic rings. The Balaban J connectivity index is -0.0000000809. The van der Waals surface area contributed by atoms with Gasteiger partial charge in [-0.2, -0.15) is 0 Å². The van der Waals surface area contributed by atoms with Gasteiger partial charge in [0.05, 0.1) is 0 Å². The van der Waals surface area contributed by atoms with Gasteiger partial charge >= 0.3 is 5.97 Å². The van der Waals surface area contributed by atoms with E-state index in [0.717, 1.165) is 13.7 Å². The highest BCUT2D eigenvalue weighted by molar-refractivity contribution is 5.66. The van der Waals surface area contributed by atoms with Crippen LogP contribution in [0.5, 0.6) is 0 Å². The maximum atomic E-state index is 10.2. The molecule has 0 fully saturated rings. The molecule has 0 radical (unpaired) electrons. The number of hydrogen-bond donors (Lipinski definition) is 2. The van der Waals surface area contributed by atoms with Crippen molar-refractivity contribution in [1.29, 1.82) is 0 Å². The van der Waals surface area contributed by atoms with E-state index in [9.17, 15) is 4.79 Å². The fraction of sp³-hybridized carbons (Fsp3) is 0.923. The molecule has 0 spiro atoms. The van der Waals surface area contributed by atoms with E-state index < -0.39 is 0 Å². The van der Waals surface area contributed by atoms with Gasteiger partial charge in [0.25, 0.3) is 0 Å². The van der Waals surface area contributed by atoms with Crippen LogP contribution in [0.4, 0.5) is 0 Å². The molecule has 4 heteroatoms. The molecule has 0 heterocycles. The summed E-state index contributed by atoms with van der Waals surface area (Å²) in [5.74, 6) is -0.225. The Morgan fingerprint density at radius 2 is 1.59 bits per heavy atom.